The van der Waals surface area contributed by atoms with Crippen LogP contribution in [0, 0.1) is 23.0 Å². The summed E-state index contributed by atoms with van der Waals surface area (Å²) in [4.78, 5) is 26.9. The van der Waals surface area contributed by atoms with E-state index in [4.69, 9.17) is 5.10 Å². The molecule has 1 atom stereocenters. The predicted molar refractivity (Wildman–Crippen MR) is 124 cm³/mol. The van der Waals surface area contributed by atoms with E-state index in [-0.39, 0.29) is 16.5 Å². The standard InChI is InChI=1S/C25H30N4O3/c1-18-10-13-27(14-11-18)15-12-25(30)28-24(21-8-3-4-9-23(21)29(31)32)17-22(26-28)20-7-5-6-19(2)16-20/h3-9,16,18,24H,10-15,17H2,1-2H3/t24-/m0/s1. The van der Waals surface area contributed by atoms with Crippen LogP contribution in [0.3, 0.4) is 0 Å². The maximum atomic E-state index is 13.3. The Kier molecular flexibility index (Phi) is 6.65. The van der Waals surface area contributed by atoms with Crippen LogP contribution < -0.4 is 0 Å². The van der Waals surface area contributed by atoms with Crippen LogP contribution in [0.1, 0.15) is 55.3 Å². The van der Waals surface area contributed by atoms with E-state index in [9.17, 15) is 14.9 Å². The fraction of sp³-hybridized carbons (Fsp3) is 0.440. The quantitative estimate of drug-likeness (QED) is 0.487. The molecule has 168 valence electrons. The van der Waals surface area contributed by atoms with Crippen molar-refractivity contribution in [3.63, 3.8) is 0 Å². The van der Waals surface area contributed by atoms with Crippen LogP contribution in [0.2, 0.25) is 0 Å². The van der Waals surface area contributed by atoms with Crippen molar-refractivity contribution < 1.29 is 9.72 Å². The molecule has 7 heteroatoms. The largest absolute Gasteiger partial charge is 0.303 e. The van der Waals surface area contributed by atoms with Crippen molar-refractivity contribution in [3.8, 4) is 0 Å². The highest BCUT2D eigenvalue weighted by atomic mass is 16.6. The van der Waals surface area contributed by atoms with Crippen LogP contribution in [0.25, 0.3) is 0 Å². The fourth-order valence-corrected chi connectivity index (χ4v) is 4.57. The molecule has 32 heavy (non-hydrogen) atoms. The summed E-state index contributed by atoms with van der Waals surface area (Å²) in [5, 5.41) is 17.9. The van der Waals surface area contributed by atoms with Crippen molar-refractivity contribution in [1.82, 2.24) is 9.91 Å². The highest BCUT2D eigenvalue weighted by Crippen LogP contribution is 2.37. The first kappa shape index (κ1) is 22.1. The van der Waals surface area contributed by atoms with Crippen LogP contribution in [0.15, 0.2) is 53.6 Å². The molecule has 0 N–H and O–H groups in total. The zero-order valence-electron chi connectivity index (χ0n) is 18.7. The summed E-state index contributed by atoms with van der Waals surface area (Å²) in [6, 6.07) is 14.2. The van der Waals surface area contributed by atoms with Crippen LogP contribution in [-0.4, -0.2) is 46.1 Å². The molecule has 4 rings (SSSR count). The summed E-state index contributed by atoms with van der Waals surface area (Å²) in [6.07, 6.45) is 3.14. The van der Waals surface area contributed by atoms with Crippen molar-refractivity contribution in [2.45, 2.75) is 45.6 Å². The molecular formula is C25H30N4O3. The molecule has 0 aliphatic carbocycles. The molecule has 2 heterocycles. The maximum absolute atomic E-state index is 13.3. The summed E-state index contributed by atoms with van der Waals surface area (Å²) < 4.78 is 0. The number of hydrogen-bond acceptors (Lipinski definition) is 5. The van der Waals surface area contributed by atoms with E-state index in [0.717, 1.165) is 48.7 Å². The van der Waals surface area contributed by atoms with Gasteiger partial charge in [0.1, 0.15) is 0 Å². The molecule has 0 saturated carbocycles. The molecule has 1 fully saturated rings. The van der Waals surface area contributed by atoms with Crippen LogP contribution in [0.5, 0.6) is 0 Å². The van der Waals surface area contributed by atoms with Gasteiger partial charge in [0, 0.05) is 25.5 Å². The van der Waals surface area contributed by atoms with Gasteiger partial charge in [-0.15, -0.1) is 0 Å². The summed E-state index contributed by atoms with van der Waals surface area (Å²) in [5.74, 6) is 0.652. The SMILES string of the molecule is Cc1cccc(C2=NN(C(=O)CCN3CCC(C)CC3)[C@H](c3ccccc3[N+](=O)[O-])C2)c1. The number of hydrazone groups is 1. The lowest BCUT2D eigenvalue weighted by Crippen LogP contribution is -2.36. The molecular weight excluding hydrogens is 404 g/mol. The minimum atomic E-state index is -0.471. The molecule has 0 unspecified atom stereocenters. The van der Waals surface area contributed by atoms with Crippen molar-refractivity contribution in [2.24, 2.45) is 11.0 Å². The van der Waals surface area contributed by atoms with Gasteiger partial charge in [-0.3, -0.25) is 14.9 Å². The van der Waals surface area contributed by atoms with Crippen molar-refractivity contribution in [1.29, 1.82) is 0 Å². The lowest BCUT2D eigenvalue weighted by atomic mass is 9.96. The number of piperidine rings is 1. The van der Waals surface area contributed by atoms with E-state index < -0.39 is 6.04 Å². The predicted octanol–water partition coefficient (Wildman–Crippen LogP) is 4.70. The number of likely N-dealkylation sites (tertiary alicyclic amines) is 1. The van der Waals surface area contributed by atoms with E-state index in [1.54, 1.807) is 18.2 Å². The minimum Gasteiger partial charge on any atom is -0.303 e. The van der Waals surface area contributed by atoms with Crippen LogP contribution >= 0.6 is 0 Å². The van der Waals surface area contributed by atoms with Gasteiger partial charge in [0.25, 0.3) is 5.69 Å². The number of para-hydroxylation sites is 1. The number of amides is 1. The third-order valence-corrected chi connectivity index (χ3v) is 6.53. The Morgan fingerprint density at radius 3 is 2.62 bits per heavy atom. The zero-order chi connectivity index (χ0) is 22.7. The van der Waals surface area contributed by atoms with Gasteiger partial charge in [-0.05, 0) is 50.4 Å². The highest BCUT2D eigenvalue weighted by Gasteiger charge is 2.36. The third-order valence-electron chi connectivity index (χ3n) is 6.53. The number of carbonyl (C=O) groups is 1. The van der Waals surface area contributed by atoms with Gasteiger partial charge >= 0.3 is 0 Å². The number of benzene rings is 2. The number of aryl methyl sites for hydroxylation is 1. The van der Waals surface area contributed by atoms with Gasteiger partial charge < -0.3 is 4.90 Å². The van der Waals surface area contributed by atoms with E-state index in [1.165, 1.54) is 11.1 Å². The Balaban J connectivity index is 1.59. The molecule has 0 bridgehead atoms. The molecule has 2 aliphatic rings. The lowest BCUT2D eigenvalue weighted by molar-refractivity contribution is -0.385. The number of nitrogens with zero attached hydrogens (tertiary/aromatic N) is 4. The summed E-state index contributed by atoms with van der Waals surface area (Å²) in [5.41, 5.74) is 3.41. The van der Waals surface area contributed by atoms with Gasteiger partial charge in [0.05, 0.1) is 22.2 Å². The van der Waals surface area contributed by atoms with Crippen molar-refractivity contribution in [3.05, 3.63) is 75.3 Å². The van der Waals surface area contributed by atoms with Crippen molar-refractivity contribution in [2.75, 3.05) is 19.6 Å². The second-order valence-electron chi connectivity index (χ2n) is 8.96. The molecule has 7 nitrogen and oxygen atoms in total. The number of carbonyl (C=O) groups excluding carboxylic acids is 1. The van der Waals surface area contributed by atoms with Gasteiger partial charge in [-0.25, -0.2) is 5.01 Å². The fourth-order valence-electron chi connectivity index (χ4n) is 4.57. The number of rotatable bonds is 6. The smallest absolute Gasteiger partial charge is 0.274 e. The second kappa shape index (κ2) is 9.61. The normalized spacial score (nSPS) is 19.8. The minimum absolute atomic E-state index is 0.0287. The van der Waals surface area contributed by atoms with Crippen molar-refractivity contribution >= 4 is 17.3 Å². The Morgan fingerprint density at radius 1 is 1.16 bits per heavy atom. The zero-order valence-corrected chi connectivity index (χ0v) is 18.7. The maximum Gasteiger partial charge on any atom is 0.274 e. The Labute approximate surface area is 188 Å². The molecule has 1 amide bonds. The van der Waals surface area contributed by atoms with Gasteiger partial charge in [0.2, 0.25) is 5.91 Å². The lowest BCUT2D eigenvalue weighted by Gasteiger charge is -2.30. The Hall–Kier alpha value is -3.06. The van der Waals surface area contributed by atoms with Gasteiger partial charge in [-0.2, -0.15) is 5.10 Å². The summed E-state index contributed by atoms with van der Waals surface area (Å²) in [7, 11) is 0. The van der Waals surface area contributed by atoms with Gasteiger partial charge in [-0.1, -0.05) is 48.9 Å². The first-order chi connectivity index (χ1) is 15.4. The first-order valence-corrected chi connectivity index (χ1v) is 11.3. The third kappa shape index (κ3) is 4.88. The molecule has 0 spiro atoms. The molecule has 2 aromatic carbocycles. The van der Waals surface area contributed by atoms with Crippen LogP contribution in [0.4, 0.5) is 5.69 Å². The van der Waals surface area contributed by atoms with E-state index >= 15 is 0 Å². The number of nitro groups is 1. The molecule has 1 saturated heterocycles. The van der Waals surface area contributed by atoms with Gasteiger partial charge in [0.15, 0.2) is 0 Å². The van der Waals surface area contributed by atoms with E-state index in [2.05, 4.69) is 11.8 Å². The van der Waals surface area contributed by atoms with E-state index in [1.807, 2.05) is 31.2 Å². The number of nitro benzene ring substituents is 1. The molecule has 2 aromatic rings. The topological polar surface area (TPSA) is 79.0 Å². The molecule has 0 radical (unpaired) electrons. The molecule has 0 aromatic heterocycles. The Morgan fingerprint density at radius 2 is 1.91 bits per heavy atom. The summed E-state index contributed by atoms with van der Waals surface area (Å²) >= 11 is 0. The highest BCUT2D eigenvalue weighted by molar-refractivity contribution is 6.03. The van der Waals surface area contributed by atoms with Crippen LogP contribution in [-0.2, 0) is 4.79 Å². The monoisotopic (exact) mass is 434 g/mol. The average Bonchev–Trinajstić information content (AvgIpc) is 3.24. The average molecular weight is 435 g/mol. The van der Waals surface area contributed by atoms with E-state index in [0.29, 0.717) is 24.9 Å². The number of hydrogen-bond donors (Lipinski definition) is 0. The Bertz CT molecular complexity index is 1030. The molecule has 2 aliphatic heterocycles. The second-order valence-corrected chi connectivity index (χ2v) is 8.96. The summed E-state index contributed by atoms with van der Waals surface area (Å²) in [6.45, 7) is 7.01. The first-order valence-electron chi connectivity index (χ1n) is 11.3.